The first-order valence-corrected chi connectivity index (χ1v) is 6.67. The van der Waals surface area contributed by atoms with Gasteiger partial charge in [-0.3, -0.25) is 4.90 Å². The lowest BCUT2D eigenvalue weighted by Gasteiger charge is -2.39. The molecule has 0 aromatic heterocycles. The molecule has 4 nitrogen and oxygen atoms in total. The number of carbonyl (C=O) groups is 1. The van der Waals surface area contributed by atoms with Crippen molar-refractivity contribution in [3.63, 3.8) is 0 Å². The van der Waals surface area contributed by atoms with Crippen molar-refractivity contribution >= 4 is 11.7 Å². The molecule has 1 atom stereocenters. The molecule has 1 N–H and O–H groups in total. The Labute approximate surface area is 111 Å². The fraction of sp³-hybridized carbons (Fsp3) is 0.500. The molecule has 0 saturated carbocycles. The SMILES string of the molecule is O=C(O)c1cccc(N2CCN3CCC[C@@H]3C2)c1F. The summed E-state index contributed by atoms with van der Waals surface area (Å²) in [6, 6.07) is 5.09. The standard InChI is InChI=1S/C14H17FN2O2/c15-13-11(14(18)19)4-1-5-12(13)17-8-7-16-6-2-3-10(16)9-17/h1,4-5,10H,2-3,6-9H2,(H,18,19)/t10-/m1/s1. The summed E-state index contributed by atoms with van der Waals surface area (Å²) in [6.07, 6.45) is 2.35. The highest BCUT2D eigenvalue weighted by molar-refractivity contribution is 5.89. The molecule has 2 aliphatic rings. The summed E-state index contributed by atoms with van der Waals surface area (Å²) in [4.78, 5) is 15.4. The number of nitrogens with zero attached hydrogens (tertiary/aromatic N) is 2. The first-order valence-electron chi connectivity index (χ1n) is 6.67. The van der Waals surface area contributed by atoms with Gasteiger partial charge in [0.2, 0.25) is 0 Å². The van der Waals surface area contributed by atoms with Gasteiger partial charge in [-0.2, -0.15) is 0 Å². The van der Waals surface area contributed by atoms with Gasteiger partial charge in [0.1, 0.15) is 0 Å². The molecule has 1 aromatic carbocycles. The monoisotopic (exact) mass is 264 g/mol. The van der Waals surface area contributed by atoms with Crippen molar-refractivity contribution in [3.05, 3.63) is 29.6 Å². The Morgan fingerprint density at radius 2 is 2.16 bits per heavy atom. The number of fused-ring (bicyclic) bond motifs is 1. The number of halogens is 1. The Hall–Kier alpha value is -1.62. The zero-order chi connectivity index (χ0) is 13.4. The third-order valence-corrected chi connectivity index (χ3v) is 4.14. The van der Waals surface area contributed by atoms with Crippen LogP contribution in [0.3, 0.4) is 0 Å². The average Bonchev–Trinajstić information content (AvgIpc) is 2.85. The largest absolute Gasteiger partial charge is 0.478 e. The number of carboxylic acids is 1. The zero-order valence-corrected chi connectivity index (χ0v) is 10.7. The van der Waals surface area contributed by atoms with Gasteiger partial charge in [-0.1, -0.05) is 6.07 Å². The number of hydrogen-bond acceptors (Lipinski definition) is 3. The molecule has 0 aliphatic carbocycles. The van der Waals surface area contributed by atoms with Crippen LogP contribution in [0.4, 0.5) is 10.1 Å². The van der Waals surface area contributed by atoms with E-state index in [1.807, 2.05) is 4.90 Å². The number of anilines is 1. The summed E-state index contributed by atoms with van der Waals surface area (Å²) in [5, 5.41) is 8.97. The minimum Gasteiger partial charge on any atom is -0.478 e. The van der Waals surface area contributed by atoms with Crippen molar-refractivity contribution in [1.29, 1.82) is 0 Å². The van der Waals surface area contributed by atoms with E-state index < -0.39 is 11.8 Å². The average molecular weight is 264 g/mol. The molecule has 0 amide bonds. The summed E-state index contributed by atoms with van der Waals surface area (Å²) in [5.74, 6) is -1.82. The molecule has 3 rings (SSSR count). The van der Waals surface area contributed by atoms with E-state index in [2.05, 4.69) is 4.90 Å². The Kier molecular flexibility index (Phi) is 3.14. The second-order valence-corrected chi connectivity index (χ2v) is 5.22. The molecule has 0 radical (unpaired) electrons. The summed E-state index contributed by atoms with van der Waals surface area (Å²) in [6.45, 7) is 3.62. The first-order chi connectivity index (χ1) is 9.16. The van der Waals surface area contributed by atoms with Crippen LogP contribution in [0.2, 0.25) is 0 Å². The molecule has 5 heteroatoms. The molecular formula is C14H17FN2O2. The fourth-order valence-electron chi connectivity index (χ4n) is 3.14. The Morgan fingerprint density at radius 3 is 2.95 bits per heavy atom. The van der Waals surface area contributed by atoms with E-state index in [0.29, 0.717) is 11.7 Å². The maximum atomic E-state index is 14.2. The van der Waals surface area contributed by atoms with Gasteiger partial charge in [0.05, 0.1) is 11.3 Å². The highest BCUT2D eigenvalue weighted by atomic mass is 19.1. The number of rotatable bonds is 2. The lowest BCUT2D eigenvalue weighted by Crippen LogP contribution is -2.50. The summed E-state index contributed by atoms with van der Waals surface area (Å²) in [5.41, 5.74) is 0.179. The van der Waals surface area contributed by atoms with Crippen molar-refractivity contribution in [2.24, 2.45) is 0 Å². The predicted molar refractivity (Wildman–Crippen MR) is 70.2 cm³/mol. The van der Waals surface area contributed by atoms with Crippen LogP contribution in [0.25, 0.3) is 0 Å². The van der Waals surface area contributed by atoms with Crippen LogP contribution < -0.4 is 4.90 Å². The second-order valence-electron chi connectivity index (χ2n) is 5.22. The van der Waals surface area contributed by atoms with Crippen LogP contribution in [0.5, 0.6) is 0 Å². The number of hydrogen-bond donors (Lipinski definition) is 1. The van der Waals surface area contributed by atoms with Crippen LogP contribution in [0, 0.1) is 5.82 Å². The maximum absolute atomic E-state index is 14.2. The van der Waals surface area contributed by atoms with E-state index in [1.54, 1.807) is 12.1 Å². The van der Waals surface area contributed by atoms with Gasteiger partial charge in [0.15, 0.2) is 5.82 Å². The van der Waals surface area contributed by atoms with Gasteiger partial charge in [0.25, 0.3) is 0 Å². The van der Waals surface area contributed by atoms with E-state index >= 15 is 0 Å². The van der Waals surface area contributed by atoms with Gasteiger partial charge in [0, 0.05) is 25.7 Å². The lowest BCUT2D eigenvalue weighted by atomic mass is 10.1. The molecule has 1 aromatic rings. The number of benzene rings is 1. The highest BCUT2D eigenvalue weighted by Gasteiger charge is 2.31. The topological polar surface area (TPSA) is 43.8 Å². The van der Waals surface area contributed by atoms with E-state index in [0.717, 1.165) is 32.6 Å². The van der Waals surface area contributed by atoms with Gasteiger partial charge < -0.3 is 10.0 Å². The molecule has 102 valence electrons. The second kappa shape index (κ2) is 4.81. The number of carboxylic acid groups (broad SMARTS) is 1. The van der Waals surface area contributed by atoms with Crippen LogP contribution in [-0.4, -0.2) is 48.2 Å². The molecular weight excluding hydrogens is 247 g/mol. The molecule has 2 heterocycles. The molecule has 19 heavy (non-hydrogen) atoms. The number of piperazine rings is 1. The quantitative estimate of drug-likeness (QED) is 0.884. The normalized spacial score (nSPS) is 23.4. The fourth-order valence-corrected chi connectivity index (χ4v) is 3.14. The van der Waals surface area contributed by atoms with E-state index in [-0.39, 0.29) is 5.56 Å². The minimum absolute atomic E-state index is 0.244. The van der Waals surface area contributed by atoms with Crippen molar-refractivity contribution in [2.75, 3.05) is 31.1 Å². The van der Waals surface area contributed by atoms with Crippen LogP contribution in [0.15, 0.2) is 18.2 Å². The highest BCUT2D eigenvalue weighted by Crippen LogP contribution is 2.28. The summed E-state index contributed by atoms with van der Waals surface area (Å²) in [7, 11) is 0. The number of aromatic carboxylic acids is 1. The zero-order valence-electron chi connectivity index (χ0n) is 10.7. The predicted octanol–water partition coefficient (Wildman–Crippen LogP) is 1.81. The molecule has 0 spiro atoms. The summed E-state index contributed by atoms with van der Waals surface area (Å²) >= 11 is 0. The molecule has 0 bridgehead atoms. The van der Waals surface area contributed by atoms with Gasteiger partial charge >= 0.3 is 5.97 Å². The van der Waals surface area contributed by atoms with Crippen LogP contribution in [0.1, 0.15) is 23.2 Å². The molecule has 2 aliphatic heterocycles. The Bertz CT molecular complexity index is 506. The summed E-state index contributed by atoms with van der Waals surface area (Å²) < 4.78 is 14.2. The van der Waals surface area contributed by atoms with Gasteiger partial charge in [-0.15, -0.1) is 0 Å². The van der Waals surface area contributed by atoms with E-state index in [4.69, 9.17) is 5.11 Å². The Balaban J connectivity index is 1.86. The molecule has 0 unspecified atom stereocenters. The maximum Gasteiger partial charge on any atom is 0.338 e. The van der Waals surface area contributed by atoms with Crippen molar-refractivity contribution in [2.45, 2.75) is 18.9 Å². The van der Waals surface area contributed by atoms with Crippen LogP contribution >= 0.6 is 0 Å². The van der Waals surface area contributed by atoms with Gasteiger partial charge in [-0.05, 0) is 31.5 Å². The van der Waals surface area contributed by atoms with Crippen molar-refractivity contribution in [3.8, 4) is 0 Å². The lowest BCUT2D eigenvalue weighted by molar-refractivity contribution is 0.0692. The van der Waals surface area contributed by atoms with E-state index in [9.17, 15) is 9.18 Å². The molecule has 2 fully saturated rings. The van der Waals surface area contributed by atoms with Gasteiger partial charge in [-0.25, -0.2) is 9.18 Å². The van der Waals surface area contributed by atoms with Crippen LogP contribution in [-0.2, 0) is 0 Å². The smallest absolute Gasteiger partial charge is 0.338 e. The van der Waals surface area contributed by atoms with E-state index in [1.165, 1.54) is 12.5 Å². The molecule has 2 saturated heterocycles. The Morgan fingerprint density at radius 1 is 1.32 bits per heavy atom. The van der Waals surface area contributed by atoms with Crippen molar-refractivity contribution < 1.29 is 14.3 Å². The van der Waals surface area contributed by atoms with Crippen molar-refractivity contribution in [1.82, 2.24) is 4.90 Å². The minimum atomic E-state index is -1.21. The first kappa shape index (κ1) is 12.4. The third-order valence-electron chi connectivity index (χ3n) is 4.14. The third kappa shape index (κ3) is 2.18.